The molecule has 8 rings (SSSR count). The molecule has 0 unspecified atom stereocenters. The van der Waals surface area contributed by atoms with Crippen LogP contribution in [0.25, 0.3) is 0 Å². The van der Waals surface area contributed by atoms with E-state index in [1.807, 2.05) is 143 Å². The van der Waals surface area contributed by atoms with Crippen molar-refractivity contribution in [2.75, 3.05) is 13.2 Å². The number of rotatable bonds is 17. The molecule has 0 spiro atoms. The lowest BCUT2D eigenvalue weighted by atomic mass is 9.93. The summed E-state index contributed by atoms with van der Waals surface area (Å²) in [4.78, 5) is 0. The molecule has 0 radical (unpaired) electrons. The van der Waals surface area contributed by atoms with Crippen LogP contribution in [0.4, 0.5) is 0 Å². The number of hydrogen-bond acceptors (Lipinski definition) is 11. The maximum absolute atomic E-state index is 6.94. The molecule has 59 heavy (non-hydrogen) atoms. The molecule has 0 saturated carbocycles. The smallest absolute Gasteiger partial charge is 0.190 e. The molecule has 11 heteroatoms. The number of hydrogen-bond donors (Lipinski definition) is 0. The topological polar surface area (TPSA) is 102 Å². The van der Waals surface area contributed by atoms with Crippen LogP contribution in [0.2, 0.25) is 0 Å². The van der Waals surface area contributed by atoms with E-state index in [2.05, 4.69) is 12.1 Å². The predicted octanol–water partition coefficient (Wildman–Crippen LogP) is 7.65. The van der Waals surface area contributed by atoms with Crippen LogP contribution in [0.1, 0.15) is 49.9 Å². The van der Waals surface area contributed by atoms with Crippen LogP contribution in [-0.2, 0) is 78.5 Å². The fourth-order valence-corrected chi connectivity index (χ4v) is 8.09. The quantitative estimate of drug-likeness (QED) is 0.0984. The largest absolute Gasteiger partial charge is 0.499 e. The average molecular weight is 809 g/mol. The van der Waals surface area contributed by atoms with E-state index in [1.54, 1.807) is 6.26 Å². The van der Waals surface area contributed by atoms with Crippen molar-refractivity contribution in [2.24, 2.45) is 0 Å². The van der Waals surface area contributed by atoms with Crippen LogP contribution in [0.3, 0.4) is 0 Å². The Morgan fingerprint density at radius 3 is 1.53 bits per heavy atom. The molecule has 314 valence electrons. The molecule has 4 aliphatic rings. The molecule has 0 amide bonds. The first kappa shape index (κ1) is 41.7. The van der Waals surface area contributed by atoms with Gasteiger partial charge in [-0.25, -0.2) is 0 Å². The Bertz CT molecular complexity index is 1890. The molecule has 0 aliphatic carbocycles. The van der Waals surface area contributed by atoms with E-state index in [0.717, 1.165) is 22.3 Å². The van der Waals surface area contributed by atoms with Gasteiger partial charge in [0.1, 0.15) is 61.5 Å². The molecular formula is C48H56O11. The van der Waals surface area contributed by atoms with E-state index in [-0.39, 0.29) is 19.3 Å². The Kier molecular flexibility index (Phi) is 13.6. The lowest BCUT2D eigenvalue weighted by Gasteiger charge is -2.45. The number of ether oxygens (including phenoxy) is 11. The van der Waals surface area contributed by atoms with Crippen molar-refractivity contribution in [3.05, 3.63) is 156 Å². The summed E-state index contributed by atoms with van der Waals surface area (Å²) in [5.41, 5.74) is 4.15. The minimum Gasteiger partial charge on any atom is -0.499 e. The van der Waals surface area contributed by atoms with Crippen molar-refractivity contribution in [2.45, 2.75) is 127 Å². The van der Waals surface area contributed by atoms with Crippen LogP contribution < -0.4 is 0 Å². The van der Waals surface area contributed by atoms with E-state index in [0.29, 0.717) is 26.4 Å². The van der Waals surface area contributed by atoms with Crippen LogP contribution in [0.5, 0.6) is 0 Å². The molecule has 10 atom stereocenters. The van der Waals surface area contributed by atoms with Crippen molar-refractivity contribution in [1.29, 1.82) is 0 Å². The van der Waals surface area contributed by atoms with Gasteiger partial charge in [-0.15, -0.1) is 0 Å². The third-order valence-corrected chi connectivity index (χ3v) is 10.8. The summed E-state index contributed by atoms with van der Waals surface area (Å²) in [5, 5.41) is 0. The zero-order valence-corrected chi connectivity index (χ0v) is 34.2. The Balaban J connectivity index is 1.05. The standard InChI is InChI=1S/C48H56O11/c1-47(2)56-42-39(55-46-45(44(42)57-47)58-48(3,4)59-46)31-49-26-25-37-40(51-28-34-19-11-6-12-20-34)43(53-30-36-23-15-8-16-24-36)41(52-29-35-21-13-7-14-22-35)38(54-37)32-50-27-33-17-9-5-10-18-33/h5-26,37-46H,27-32H2,1-4H3/b26-25+/t37-,38+,39+,40-,41+,42-,43+,44-,45+,46+/m0/s1. The summed E-state index contributed by atoms with van der Waals surface area (Å²) < 4.78 is 71.4. The van der Waals surface area contributed by atoms with Crippen LogP contribution in [-0.4, -0.2) is 86.0 Å². The molecule has 4 aromatic rings. The predicted molar refractivity (Wildman–Crippen MR) is 217 cm³/mol. The van der Waals surface area contributed by atoms with Gasteiger partial charge in [-0.1, -0.05) is 121 Å². The highest BCUT2D eigenvalue weighted by molar-refractivity contribution is 5.17. The zero-order chi connectivity index (χ0) is 40.7. The summed E-state index contributed by atoms with van der Waals surface area (Å²) >= 11 is 0. The SMILES string of the molecule is CC1(C)O[C@H]2[C@@H](O1)[C@@H](CO/C=C/[C@@H]1O[C@H](COCc3ccccc3)[C@@H](OCc3ccccc3)[C@H](OCc3ccccc3)[C@H]1OCc1ccccc1)O[C@@H]1OC(C)(C)O[C@@H]12. The second kappa shape index (κ2) is 19.2. The van der Waals surface area contributed by atoms with Crippen molar-refractivity contribution in [1.82, 2.24) is 0 Å². The molecule has 4 aliphatic heterocycles. The molecule has 11 nitrogen and oxygen atoms in total. The first-order valence-electron chi connectivity index (χ1n) is 20.6. The van der Waals surface area contributed by atoms with Gasteiger partial charge in [0.05, 0.1) is 39.3 Å². The van der Waals surface area contributed by atoms with Crippen molar-refractivity contribution < 1.29 is 52.1 Å². The van der Waals surface area contributed by atoms with Gasteiger partial charge in [0, 0.05) is 0 Å². The molecule has 0 bridgehead atoms. The first-order chi connectivity index (χ1) is 28.7. The lowest BCUT2D eigenvalue weighted by molar-refractivity contribution is -0.263. The minimum absolute atomic E-state index is 0.173. The zero-order valence-electron chi connectivity index (χ0n) is 34.2. The molecule has 0 aromatic heterocycles. The maximum Gasteiger partial charge on any atom is 0.190 e. The van der Waals surface area contributed by atoms with E-state index in [4.69, 9.17) is 52.1 Å². The van der Waals surface area contributed by atoms with Gasteiger partial charge >= 0.3 is 0 Å². The summed E-state index contributed by atoms with van der Waals surface area (Å²) in [6.45, 7) is 9.39. The fourth-order valence-electron chi connectivity index (χ4n) is 8.09. The number of fused-ring (bicyclic) bond motifs is 3. The first-order valence-corrected chi connectivity index (χ1v) is 20.6. The van der Waals surface area contributed by atoms with Crippen LogP contribution in [0.15, 0.2) is 134 Å². The van der Waals surface area contributed by atoms with E-state index < -0.39 is 66.7 Å². The van der Waals surface area contributed by atoms with Gasteiger partial charge in [-0.2, -0.15) is 0 Å². The molecule has 0 N–H and O–H groups in total. The third-order valence-electron chi connectivity index (χ3n) is 10.8. The molecular weight excluding hydrogens is 753 g/mol. The summed E-state index contributed by atoms with van der Waals surface area (Å²) in [5.74, 6) is -1.63. The Labute approximate surface area is 347 Å². The summed E-state index contributed by atoms with van der Waals surface area (Å²) in [6.07, 6.45) is -1.66. The monoisotopic (exact) mass is 808 g/mol. The van der Waals surface area contributed by atoms with Gasteiger partial charge in [0.15, 0.2) is 17.9 Å². The Morgan fingerprint density at radius 1 is 0.475 bits per heavy atom. The van der Waals surface area contributed by atoms with Gasteiger partial charge in [0.2, 0.25) is 0 Å². The number of benzene rings is 4. The van der Waals surface area contributed by atoms with Gasteiger partial charge in [0.25, 0.3) is 0 Å². The van der Waals surface area contributed by atoms with E-state index in [1.165, 1.54) is 0 Å². The molecule has 4 aromatic carbocycles. The van der Waals surface area contributed by atoms with Crippen molar-refractivity contribution >= 4 is 0 Å². The molecule has 4 heterocycles. The molecule has 4 fully saturated rings. The average Bonchev–Trinajstić information content (AvgIpc) is 3.75. The summed E-state index contributed by atoms with van der Waals surface area (Å²) in [7, 11) is 0. The van der Waals surface area contributed by atoms with E-state index in [9.17, 15) is 0 Å². The second-order valence-corrected chi connectivity index (χ2v) is 16.3. The van der Waals surface area contributed by atoms with Gasteiger partial charge in [-0.05, 0) is 56.0 Å². The highest BCUT2D eigenvalue weighted by atomic mass is 16.9. The van der Waals surface area contributed by atoms with Crippen LogP contribution >= 0.6 is 0 Å². The van der Waals surface area contributed by atoms with Crippen molar-refractivity contribution in [3.8, 4) is 0 Å². The lowest BCUT2D eigenvalue weighted by Crippen LogP contribution is -2.60. The van der Waals surface area contributed by atoms with Gasteiger partial charge in [-0.3, -0.25) is 0 Å². The minimum atomic E-state index is -0.818. The van der Waals surface area contributed by atoms with Gasteiger partial charge < -0.3 is 52.1 Å². The Hall–Kier alpha value is -3.98. The van der Waals surface area contributed by atoms with Crippen molar-refractivity contribution in [3.63, 3.8) is 0 Å². The summed E-state index contributed by atoms with van der Waals surface area (Å²) in [6, 6.07) is 40.4. The maximum atomic E-state index is 6.94. The van der Waals surface area contributed by atoms with E-state index >= 15 is 0 Å². The second-order valence-electron chi connectivity index (χ2n) is 16.3. The van der Waals surface area contributed by atoms with Crippen LogP contribution in [0, 0.1) is 0 Å². The normalized spacial score (nSPS) is 30.8. The Morgan fingerprint density at radius 2 is 0.949 bits per heavy atom. The highest BCUT2D eigenvalue weighted by Gasteiger charge is 2.61. The third kappa shape index (κ3) is 10.9. The fraction of sp³-hybridized carbons (Fsp3) is 0.458. The molecule has 4 saturated heterocycles. The highest BCUT2D eigenvalue weighted by Crippen LogP contribution is 2.44.